The van der Waals surface area contributed by atoms with Crippen LogP contribution in [0.25, 0.3) is 0 Å². The van der Waals surface area contributed by atoms with Gasteiger partial charge < -0.3 is 10.2 Å². The average molecular weight is 241 g/mol. The lowest BCUT2D eigenvalue weighted by Gasteiger charge is -2.34. The maximum absolute atomic E-state index is 11.4. The minimum Gasteiger partial charge on any atom is -0.341 e. The van der Waals surface area contributed by atoms with Crippen LogP contribution in [-0.4, -0.2) is 43.5 Å². The molecule has 0 bridgehead atoms. The van der Waals surface area contributed by atoms with E-state index in [-0.39, 0.29) is 5.91 Å². The molecule has 5 heteroatoms. The Morgan fingerprint density at radius 2 is 1.82 bits per heavy atom. The van der Waals surface area contributed by atoms with Gasteiger partial charge in [0.05, 0.1) is 0 Å². The second kappa shape index (κ2) is 6.59. The molecule has 1 rings (SSSR count). The maximum Gasteiger partial charge on any atom is 0.321 e. The number of hydrogen-bond donors (Lipinski definition) is 2. The zero-order valence-corrected chi connectivity index (χ0v) is 11.0. The van der Waals surface area contributed by atoms with E-state index in [1.54, 1.807) is 0 Å². The Labute approximate surface area is 103 Å². The van der Waals surface area contributed by atoms with E-state index in [0.29, 0.717) is 18.3 Å². The summed E-state index contributed by atoms with van der Waals surface area (Å²) in [7, 11) is 1.50. The summed E-state index contributed by atoms with van der Waals surface area (Å²) < 4.78 is 0. The van der Waals surface area contributed by atoms with Crippen LogP contribution in [0.1, 0.15) is 26.7 Å². The molecule has 17 heavy (non-hydrogen) atoms. The van der Waals surface area contributed by atoms with Crippen molar-refractivity contribution in [3.05, 3.63) is 0 Å². The van der Waals surface area contributed by atoms with Crippen molar-refractivity contribution in [3.8, 4) is 0 Å². The predicted molar refractivity (Wildman–Crippen MR) is 66.6 cm³/mol. The summed E-state index contributed by atoms with van der Waals surface area (Å²) in [6.45, 7) is 7.33. The highest BCUT2D eigenvalue weighted by Gasteiger charge is 2.21. The van der Waals surface area contributed by atoms with E-state index >= 15 is 0 Å². The molecule has 0 saturated carbocycles. The Hall–Kier alpha value is -1.10. The SMILES string of the molecule is CNC(=O)NC(=O)CCN1C[C@H](C)C[C@H](C)C1. The first-order valence-corrected chi connectivity index (χ1v) is 6.25. The number of carbonyl (C=O) groups is 2. The molecule has 98 valence electrons. The van der Waals surface area contributed by atoms with E-state index < -0.39 is 6.03 Å². The molecular weight excluding hydrogens is 218 g/mol. The number of nitrogens with zero attached hydrogens (tertiary/aromatic N) is 1. The Balaban J connectivity index is 2.25. The third-order valence-corrected chi connectivity index (χ3v) is 3.08. The molecule has 2 atom stereocenters. The normalized spacial score (nSPS) is 25.4. The monoisotopic (exact) mass is 241 g/mol. The molecule has 5 nitrogen and oxygen atoms in total. The molecule has 1 aliphatic rings. The fourth-order valence-corrected chi connectivity index (χ4v) is 2.49. The van der Waals surface area contributed by atoms with Gasteiger partial charge >= 0.3 is 6.03 Å². The van der Waals surface area contributed by atoms with Gasteiger partial charge in [0.25, 0.3) is 0 Å². The van der Waals surface area contributed by atoms with Gasteiger partial charge in [-0.2, -0.15) is 0 Å². The van der Waals surface area contributed by atoms with Crippen LogP contribution in [0.15, 0.2) is 0 Å². The molecule has 0 aromatic heterocycles. The van der Waals surface area contributed by atoms with Crippen molar-refractivity contribution in [1.82, 2.24) is 15.5 Å². The van der Waals surface area contributed by atoms with Crippen LogP contribution >= 0.6 is 0 Å². The molecule has 0 aliphatic carbocycles. The van der Waals surface area contributed by atoms with Crippen LogP contribution in [-0.2, 0) is 4.79 Å². The predicted octanol–water partition coefficient (Wildman–Crippen LogP) is 0.810. The topological polar surface area (TPSA) is 61.4 Å². The van der Waals surface area contributed by atoms with Crippen LogP contribution < -0.4 is 10.6 Å². The lowest BCUT2D eigenvalue weighted by atomic mass is 9.92. The molecule has 0 aromatic rings. The molecule has 0 radical (unpaired) electrons. The van der Waals surface area contributed by atoms with Crippen LogP contribution in [0.5, 0.6) is 0 Å². The fourth-order valence-electron chi connectivity index (χ4n) is 2.49. The van der Waals surface area contributed by atoms with Crippen LogP contribution in [0, 0.1) is 11.8 Å². The number of carbonyl (C=O) groups excluding carboxylic acids is 2. The third kappa shape index (κ3) is 5.17. The molecule has 1 saturated heterocycles. The number of likely N-dealkylation sites (tertiary alicyclic amines) is 1. The lowest BCUT2D eigenvalue weighted by molar-refractivity contribution is -0.120. The summed E-state index contributed by atoms with van der Waals surface area (Å²) in [5.74, 6) is 1.18. The van der Waals surface area contributed by atoms with E-state index in [0.717, 1.165) is 19.6 Å². The van der Waals surface area contributed by atoms with E-state index in [1.165, 1.54) is 13.5 Å². The molecule has 1 aliphatic heterocycles. The third-order valence-electron chi connectivity index (χ3n) is 3.08. The summed E-state index contributed by atoms with van der Waals surface area (Å²) in [6, 6.07) is -0.435. The van der Waals surface area contributed by atoms with Gasteiger partial charge in [-0.05, 0) is 18.3 Å². The van der Waals surface area contributed by atoms with Crippen molar-refractivity contribution in [2.45, 2.75) is 26.7 Å². The van der Waals surface area contributed by atoms with Gasteiger partial charge in [-0.15, -0.1) is 0 Å². The highest BCUT2D eigenvalue weighted by atomic mass is 16.2. The minimum absolute atomic E-state index is 0.213. The molecule has 1 fully saturated rings. The van der Waals surface area contributed by atoms with Crippen molar-refractivity contribution < 1.29 is 9.59 Å². The van der Waals surface area contributed by atoms with Crippen LogP contribution in [0.4, 0.5) is 4.79 Å². The summed E-state index contributed by atoms with van der Waals surface area (Å²) in [4.78, 5) is 24.6. The molecular formula is C12H23N3O2. The first kappa shape index (κ1) is 14.0. The van der Waals surface area contributed by atoms with Crippen molar-refractivity contribution in [2.75, 3.05) is 26.7 Å². The van der Waals surface area contributed by atoms with Crippen molar-refractivity contribution in [3.63, 3.8) is 0 Å². The number of amides is 3. The zero-order valence-electron chi connectivity index (χ0n) is 11.0. The molecule has 0 unspecified atom stereocenters. The van der Waals surface area contributed by atoms with Gasteiger partial charge in [-0.1, -0.05) is 13.8 Å². The first-order valence-electron chi connectivity index (χ1n) is 6.25. The molecule has 1 heterocycles. The number of piperidine rings is 1. The van der Waals surface area contributed by atoms with Gasteiger partial charge in [0.15, 0.2) is 0 Å². The molecule has 0 aromatic carbocycles. The van der Waals surface area contributed by atoms with Crippen LogP contribution in [0.3, 0.4) is 0 Å². The number of hydrogen-bond acceptors (Lipinski definition) is 3. The first-order chi connectivity index (χ1) is 8.01. The summed E-state index contributed by atoms with van der Waals surface area (Å²) in [5.41, 5.74) is 0. The van der Waals surface area contributed by atoms with Gasteiger partial charge in [0.1, 0.15) is 0 Å². The standard InChI is InChI=1S/C12H23N3O2/c1-9-6-10(2)8-15(7-9)5-4-11(16)14-12(17)13-3/h9-10H,4-8H2,1-3H3,(H2,13,14,16,17)/t9-,10+. The maximum atomic E-state index is 11.4. The minimum atomic E-state index is -0.435. The number of imide groups is 1. The quantitative estimate of drug-likeness (QED) is 0.768. The van der Waals surface area contributed by atoms with Crippen molar-refractivity contribution in [1.29, 1.82) is 0 Å². The average Bonchev–Trinajstić information content (AvgIpc) is 2.25. The Kier molecular flexibility index (Phi) is 5.41. The number of rotatable bonds is 3. The van der Waals surface area contributed by atoms with E-state index in [9.17, 15) is 9.59 Å². The second-order valence-corrected chi connectivity index (χ2v) is 5.08. The molecule has 3 amide bonds. The Morgan fingerprint density at radius 1 is 1.24 bits per heavy atom. The molecule has 0 spiro atoms. The lowest BCUT2D eigenvalue weighted by Crippen LogP contribution is -2.42. The summed E-state index contributed by atoms with van der Waals surface area (Å²) in [6.07, 6.45) is 1.65. The van der Waals surface area contributed by atoms with Gasteiger partial charge in [0, 0.05) is 33.1 Å². The second-order valence-electron chi connectivity index (χ2n) is 5.08. The number of nitrogens with one attached hydrogen (secondary N) is 2. The highest BCUT2D eigenvalue weighted by Crippen LogP contribution is 2.20. The molecule has 2 N–H and O–H groups in total. The Morgan fingerprint density at radius 3 is 2.35 bits per heavy atom. The number of urea groups is 1. The van der Waals surface area contributed by atoms with E-state index in [1.807, 2.05) is 0 Å². The van der Waals surface area contributed by atoms with Gasteiger partial charge in [-0.25, -0.2) is 4.79 Å². The van der Waals surface area contributed by atoms with Crippen molar-refractivity contribution in [2.24, 2.45) is 11.8 Å². The largest absolute Gasteiger partial charge is 0.341 e. The van der Waals surface area contributed by atoms with Crippen molar-refractivity contribution >= 4 is 11.9 Å². The fraction of sp³-hybridized carbons (Fsp3) is 0.833. The summed E-state index contributed by atoms with van der Waals surface area (Å²) >= 11 is 0. The Bertz CT molecular complexity index is 271. The summed E-state index contributed by atoms with van der Waals surface area (Å²) in [5, 5.41) is 4.64. The van der Waals surface area contributed by atoms with E-state index in [4.69, 9.17) is 0 Å². The van der Waals surface area contributed by atoms with Gasteiger partial charge in [-0.3, -0.25) is 10.1 Å². The zero-order chi connectivity index (χ0) is 12.8. The van der Waals surface area contributed by atoms with Gasteiger partial charge in [0.2, 0.25) is 5.91 Å². The van der Waals surface area contributed by atoms with E-state index in [2.05, 4.69) is 29.4 Å². The highest BCUT2D eigenvalue weighted by molar-refractivity contribution is 5.94. The smallest absolute Gasteiger partial charge is 0.321 e. The van der Waals surface area contributed by atoms with Crippen LogP contribution in [0.2, 0.25) is 0 Å².